The van der Waals surface area contributed by atoms with E-state index in [1.165, 1.54) is 37.4 Å². The van der Waals surface area contributed by atoms with Crippen molar-refractivity contribution in [3.8, 4) is 28.4 Å². The molecule has 0 radical (unpaired) electrons. The number of benzene rings is 4. The third kappa shape index (κ3) is 6.55. The summed E-state index contributed by atoms with van der Waals surface area (Å²) in [5, 5.41) is 47.3. The van der Waals surface area contributed by atoms with Gasteiger partial charge in [0.15, 0.2) is 17.9 Å². The quantitative estimate of drug-likeness (QED) is 0.0756. The Morgan fingerprint density at radius 2 is 1.60 bits per heavy atom. The molecular formula is C39H40ClN3O10. The van der Waals surface area contributed by atoms with Crippen molar-refractivity contribution in [3.63, 3.8) is 0 Å². The molecule has 1 fully saturated rings. The van der Waals surface area contributed by atoms with E-state index in [1.54, 1.807) is 6.92 Å². The number of hydrogen-bond donors (Lipinski definition) is 6. The van der Waals surface area contributed by atoms with Gasteiger partial charge in [-0.05, 0) is 43.2 Å². The van der Waals surface area contributed by atoms with Crippen LogP contribution in [0.15, 0.2) is 72.8 Å². The summed E-state index contributed by atoms with van der Waals surface area (Å²) in [4.78, 5) is 40.5. The molecule has 14 heteroatoms. The number of nitrogens with zero attached hydrogens (tertiary/aromatic N) is 1. The second-order valence-corrected chi connectivity index (χ2v) is 13.5. The summed E-state index contributed by atoms with van der Waals surface area (Å²) in [6.07, 6.45) is -5.01. The Kier molecular flexibility index (Phi) is 10.4. The average Bonchev–Trinajstić information content (AvgIpc) is 3.13. The molecule has 0 bridgehead atoms. The first-order chi connectivity index (χ1) is 24.8. The number of hydrogen-bond acceptors (Lipinski definition) is 13. The Balaban J connectivity index is 0.00000481. The highest BCUT2D eigenvalue weighted by atomic mass is 35.5. The molecule has 1 heterocycles. The number of rotatable bonds is 8. The van der Waals surface area contributed by atoms with Gasteiger partial charge in [-0.3, -0.25) is 14.4 Å². The smallest absolute Gasteiger partial charge is 0.202 e. The molecular weight excluding hydrogens is 706 g/mol. The lowest BCUT2D eigenvalue weighted by molar-refractivity contribution is -0.249. The Morgan fingerprint density at radius 1 is 0.943 bits per heavy atom. The van der Waals surface area contributed by atoms with Crippen molar-refractivity contribution in [2.45, 2.75) is 69.4 Å². The number of Topliss-reactive ketones (excluding diaryl/α,β-unsaturated/α-hetero) is 1. The van der Waals surface area contributed by atoms with Crippen LogP contribution in [0, 0.1) is 0 Å². The predicted molar refractivity (Wildman–Crippen MR) is 195 cm³/mol. The van der Waals surface area contributed by atoms with E-state index in [1.807, 2.05) is 54.6 Å². The van der Waals surface area contributed by atoms with E-state index in [9.17, 15) is 34.8 Å². The zero-order valence-corrected chi connectivity index (χ0v) is 29.9. The van der Waals surface area contributed by atoms with Gasteiger partial charge in [0.1, 0.15) is 22.8 Å². The lowest BCUT2D eigenvalue weighted by Gasteiger charge is -2.43. The normalized spacial score (nSPS) is 24.7. The number of fused-ring (bicyclic) bond motifs is 3. The number of carbonyl (C=O) groups excluding carboxylic acids is 3. The molecule has 0 aromatic heterocycles. The maximum absolute atomic E-state index is 13.9. The SMILES string of the molecule is COc1cccc2c1C(=O)c1c(O)c3c(c(O)c1C2=O)C[C@@](O)(C(C)=O)C[C@@H]3OC1CC(NN(N)c2ccc(-c3ccccc3)cc2)C(O)C(C)O1.Cl. The van der Waals surface area contributed by atoms with Crippen molar-refractivity contribution in [2.24, 2.45) is 5.84 Å². The molecule has 0 spiro atoms. The maximum Gasteiger partial charge on any atom is 0.202 e. The molecule has 0 saturated carbocycles. The van der Waals surface area contributed by atoms with Gasteiger partial charge in [-0.25, -0.2) is 16.4 Å². The van der Waals surface area contributed by atoms with Gasteiger partial charge in [0.25, 0.3) is 0 Å². The Labute approximate surface area is 311 Å². The van der Waals surface area contributed by atoms with Crippen LogP contribution in [-0.2, 0) is 20.7 Å². The number of aliphatic hydroxyl groups is 2. The summed E-state index contributed by atoms with van der Waals surface area (Å²) >= 11 is 0. The molecule has 3 aliphatic rings. The van der Waals surface area contributed by atoms with Crippen LogP contribution < -0.4 is 21.1 Å². The Hall–Kier alpha value is -4.86. The number of carbonyl (C=O) groups is 3. The number of halogens is 1. The molecule has 6 atom stereocenters. The number of ketones is 3. The number of aromatic hydroxyl groups is 2. The van der Waals surface area contributed by atoms with Crippen LogP contribution >= 0.6 is 12.4 Å². The van der Waals surface area contributed by atoms with Gasteiger partial charge in [-0.15, -0.1) is 12.4 Å². The second-order valence-electron chi connectivity index (χ2n) is 13.5. The number of nitrogens with two attached hydrogens (primary N) is 1. The molecule has 7 rings (SSSR count). The van der Waals surface area contributed by atoms with Gasteiger partial charge >= 0.3 is 0 Å². The van der Waals surface area contributed by atoms with E-state index in [-0.39, 0.29) is 53.3 Å². The van der Waals surface area contributed by atoms with Gasteiger partial charge in [0.05, 0.1) is 53.8 Å². The minimum Gasteiger partial charge on any atom is -0.507 e. The number of hydrazine groups is 2. The fourth-order valence-corrected chi connectivity index (χ4v) is 7.45. The third-order valence-corrected chi connectivity index (χ3v) is 10.3. The number of phenols is 2. The first-order valence-corrected chi connectivity index (χ1v) is 16.9. The molecule has 278 valence electrons. The van der Waals surface area contributed by atoms with Crippen LogP contribution in [0.2, 0.25) is 0 Å². The topological polar surface area (TPSA) is 201 Å². The van der Waals surface area contributed by atoms with Crippen molar-refractivity contribution in [1.29, 1.82) is 0 Å². The number of ether oxygens (including phenoxy) is 3. The highest BCUT2D eigenvalue weighted by Crippen LogP contribution is 2.52. The van der Waals surface area contributed by atoms with E-state index in [0.717, 1.165) is 11.1 Å². The lowest BCUT2D eigenvalue weighted by atomic mass is 9.72. The van der Waals surface area contributed by atoms with E-state index in [2.05, 4.69) is 5.43 Å². The molecule has 13 nitrogen and oxygen atoms in total. The van der Waals surface area contributed by atoms with E-state index in [0.29, 0.717) is 5.69 Å². The van der Waals surface area contributed by atoms with Crippen LogP contribution in [0.3, 0.4) is 0 Å². The van der Waals surface area contributed by atoms with Crippen LogP contribution in [0.4, 0.5) is 5.69 Å². The number of nitrogens with one attached hydrogen (secondary N) is 1. The largest absolute Gasteiger partial charge is 0.507 e. The first kappa shape index (κ1) is 37.9. The molecule has 2 aliphatic carbocycles. The molecule has 7 N–H and O–H groups in total. The third-order valence-electron chi connectivity index (χ3n) is 10.3. The van der Waals surface area contributed by atoms with Crippen LogP contribution in [0.25, 0.3) is 11.1 Å². The second kappa shape index (κ2) is 14.5. The summed E-state index contributed by atoms with van der Waals surface area (Å²) < 4.78 is 17.7. The van der Waals surface area contributed by atoms with Crippen LogP contribution in [0.5, 0.6) is 17.2 Å². The number of anilines is 1. The minimum absolute atomic E-state index is 0. The Morgan fingerprint density at radius 3 is 2.26 bits per heavy atom. The zero-order valence-electron chi connectivity index (χ0n) is 29.1. The molecule has 53 heavy (non-hydrogen) atoms. The van der Waals surface area contributed by atoms with Gasteiger partial charge in [-0.1, -0.05) is 54.6 Å². The number of phenolic OH excluding ortho intramolecular Hbond substituents is 2. The predicted octanol–water partition coefficient (Wildman–Crippen LogP) is 4.04. The monoisotopic (exact) mass is 745 g/mol. The molecule has 0 amide bonds. The highest BCUT2D eigenvalue weighted by molar-refractivity contribution is 6.31. The molecule has 1 saturated heterocycles. The first-order valence-electron chi connectivity index (χ1n) is 16.9. The molecule has 4 unspecified atom stereocenters. The fraction of sp³-hybridized carbons (Fsp3) is 0.308. The highest BCUT2D eigenvalue weighted by Gasteiger charge is 2.49. The lowest BCUT2D eigenvalue weighted by Crippen LogP contribution is -2.60. The van der Waals surface area contributed by atoms with Crippen molar-refractivity contribution >= 4 is 35.4 Å². The average molecular weight is 746 g/mol. The van der Waals surface area contributed by atoms with Crippen molar-refractivity contribution < 1.29 is 49.0 Å². The van der Waals surface area contributed by atoms with Crippen molar-refractivity contribution in [1.82, 2.24) is 5.43 Å². The minimum atomic E-state index is -2.06. The number of aliphatic hydroxyl groups excluding tert-OH is 1. The standard InChI is InChI=1S/C39H39N3O10.ClH/c1-19-34(44)26(41-42(40)23-14-12-22(13-15-23)21-8-5-4-6-9-21)16-29(51-19)52-28-18-39(49,20(2)43)17-25-31(28)38(48)33-32(36(25)46)35(45)24-10-7-11-27(50-3)30(24)37(33)47;/h4-15,19,26,28-29,34,41,44,46,48-49H,16-18,40H2,1-3H3;1H/t19?,26?,28-,29?,34?,39-;/m0./s1. The zero-order chi connectivity index (χ0) is 37.1. The van der Waals surface area contributed by atoms with Crippen molar-refractivity contribution in [2.75, 3.05) is 12.2 Å². The van der Waals surface area contributed by atoms with Crippen molar-refractivity contribution in [3.05, 3.63) is 106 Å². The van der Waals surface area contributed by atoms with Gasteiger partial charge in [-0.2, -0.15) is 0 Å². The summed E-state index contributed by atoms with van der Waals surface area (Å²) in [7, 11) is 1.34. The van der Waals surface area contributed by atoms with Crippen LogP contribution in [0.1, 0.15) is 75.8 Å². The fourth-order valence-electron chi connectivity index (χ4n) is 7.45. The van der Waals surface area contributed by atoms with Gasteiger partial charge in [0, 0.05) is 36.0 Å². The molecule has 4 aromatic rings. The van der Waals surface area contributed by atoms with E-state index >= 15 is 0 Å². The van der Waals surface area contributed by atoms with E-state index in [4.69, 9.17) is 20.1 Å². The Bertz CT molecular complexity index is 2080. The number of methoxy groups -OCH3 is 1. The molecule has 4 aromatic carbocycles. The summed E-state index contributed by atoms with van der Waals surface area (Å²) in [5.74, 6) is 3.11. The summed E-state index contributed by atoms with van der Waals surface area (Å²) in [5.41, 5.74) is 2.54. The van der Waals surface area contributed by atoms with Crippen LogP contribution in [-0.4, -0.2) is 75.0 Å². The summed E-state index contributed by atoms with van der Waals surface area (Å²) in [6, 6.07) is 21.1. The molecule has 1 aliphatic heterocycles. The maximum atomic E-state index is 13.9. The van der Waals surface area contributed by atoms with E-state index < -0.39 is 82.6 Å². The summed E-state index contributed by atoms with van der Waals surface area (Å²) in [6.45, 7) is 2.83. The van der Waals surface area contributed by atoms with Gasteiger partial charge in [0.2, 0.25) is 5.78 Å². The van der Waals surface area contributed by atoms with Gasteiger partial charge < -0.3 is 34.6 Å².